The molecule has 6 heteroatoms. The van der Waals surface area contributed by atoms with E-state index in [9.17, 15) is 14.9 Å². The van der Waals surface area contributed by atoms with Crippen molar-refractivity contribution in [3.63, 3.8) is 0 Å². The molecular weight excluding hydrogens is 294 g/mol. The van der Waals surface area contributed by atoms with Crippen LogP contribution in [0.5, 0.6) is 0 Å². The van der Waals surface area contributed by atoms with Crippen molar-refractivity contribution in [1.82, 2.24) is 5.43 Å². The predicted octanol–water partition coefficient (Wildman–Crippen LogP) is 3.02. The molecule has 0 aliphatic carbocycles. The van der Waals surface area contributed by atoms with E-state index < -0.39 is 10.8 Å². The number of nitrogens with one attached hydrogen (secondary N) is 1. The Morgan fingerprint density at radius 1 is 1.00 bits per heavy atom. The van der Waals surface area contributed by atoms with Crippen molar-refractivity contribution >= 4 is 22.4 Å². The van der Waals surface area contributed by atoms with E-state index in [-0.39, 0.29) is 11.3 Å². The number of carbonyl (C=O) groups excluding carboxylic acids is 1. The van der Waals surface area contributed by atoms with Crippen molar-refractivity contribution in [2.24, 2.45) is 5.84 Å². The molecular formula is C17H13N3O3. The highest BCUT2D eigenvalue weighted by molar-refractivity contribution is 6.01. The van der Waals surface area contributed by atoms with Gasteiger partial charge in [-0.1, -0.05) is 42.5 Å². The maximum Gasteiger partial charge on any atom is 0.277 e. The molecule has 0 atom stereocenters. The van der Waals surface area contributed by atoms with Crippen molar-refractivity contribution in [1.29, 1.82) is 0 Å². The number of carbonyl (C=O) groups is 1. The minimum atomic E-state index is -0.499. The van der Waals surface area contributed by atoms with Gasteiger partial charge in [-0.2, -0.15) is 0 Å². The van der Waals surface area contributed by atoms with Crippen LogP contribution in [0.25, 0.3) is 21.9 Å². The van der Waals surface area contributed by atoms with E-state index in [1.54, 1.807) is 6.07 Å². The Morgan fingerprint density at radius 2 is 1.74 bits per heavy atom. The highest BCUT2D eigenvalue weighted by Crippen LogP contribution is 2.35. The fourth-order valence-corrected chi connectivity index (χ4v) is 2.60. The molecule has 3 aromatic rings. The molecule has 23 heavy (non-hydrogen) atoms. The third kappa shape index (κ3) is 2.63. The van der Waals surface area contributed by atoms with Gasteiger partial charge in [-0.05, 0) is 28.5 Å². The Kier molecular flexibility index (Phi) is 3.74. The van der Waals surface area contributed by atoms with Gasteiger partial charge >= 0.3 is 0 Å². The molecule has 3 N–H and O–H groups in total. The van der Waals surface area contributed by atoms with Gasteiger partial charge in [0.15, 0.2) is 0 Å². The number of nitrogens with two attached hydrogens (primary N) is 1. The number of hydrogen-bond acceptors (Lipinski definition) is 4. The number of hydrogen-bond donors (Lipinski definition) is 2. The third-order valence-electron chi connectivity index (χ3n) is 3.67. The molecule has 3 rings (SSSR count). The van der Waals surface area contributed by atoms with E-state index in [2.05, 4.69) is 0 Å². The van der Waals surface area contributed by atoms with Crippen LogP contribution in [0.3, 0.4) is 0 Å². The van der Waals surface area contributed by atoms with Gasteiger partial charge in [0.25, 0.3) is 11.6 Å². The maximum atomic E-state index is 11.7. The summed E-state index contributed by atoms with van der Waals surface area (Å²) in [6.07, 6.45) is 0. The standard InChI is InChI=1S/C17H13N3O3/c18-19-17(21)12-8-9-16(20(22)23)15(10-12)14-7-3-5-11-4-1-2-6-13(11)14/h1-10H,18H2,(H,19,21). The van der Waals surface area contributed by atoms with Gasteiger partial charge in [0.1, 0.15) is 0 Å². The zero-order valence-corrected chi connectivity index (χ0v) is 12.0. The fourth-order valence-electron chi connectivity index (χ4n) is 2.60. The minimum Gasteiger partial charge on any atom is -0.290 e. The van der Waals surface area contributed by atoms with E-state index in [1.807, 2.05) is 41.8 Å². The number of amides is 1. The number of rotatable bonds is 3. The molecule has 0 saturated heterocycles. The van der Waals surface area contributed by atoms with Crippen LogP contribution < -0.4 is 11.3 Å². The van der Waals surface area contributed by atoms with Crippen molar-refractivity contribution in [3.05, 3.63) is 76.3 Å². The lowest BCUT2D eigenvalue weighted by Gasteiger charge is -2.09. The first-order valence-electron chi connectivity index (χ1n) is 6.89. The SMILES string of the molecule is NNC(=O)c1ccc([N+](=O)[O-])c(-c2cccc3ccccc23)c1. The van der Waals surface area contributed by atoms with E-state index in [4.69, 9.17) is 5.84 Å². The molecule has 0 bridgehead atoms. The number of nitro groups is 1. The van der Waals surface area contributed by atoms with Gasteiger partial charge in [-0.25, -0.2) is 5.84 Å². The van der Waals surface area contributed by atoms with Gasteiger partial charge in [-0.15, -0.1) is 0 Å². The molecule has 0 aliphatic rings. The van der Waals surface area contributed by atoms with Gasteiger partial charge in [0.2, 0.25) is 0 Å². The zero-order valence-electron chi connectivity index (χ0n) is 12.0. The average molecular weight is 307 g/mol. The van der Waals surface area contributed by atoms with Crippen molar-refractivity contribution < 1.29 is 9.72 Å². The lowest BCUT2D eigenvalue weighted by molar-refractivity contribution is -0.384. The lowest BCUT2D eigenvalue weighted by atomic mass is 9.95. The van der Waals surface area contributed by atoms with Crippen molar-refractivity contribution in [2.75, 3.05) is 0 Å². The van der Waals surface area contributed by atoms with Crippen LogP contribution in [0.15, 0.2) is 60.7 Å². The highest BCUT2D eigenvalue weighted by Gasteiger charge is 2.19. The molecule has 0 aliphatic heterocycles. The van der Waals surface area contributed by atoms with Crippen molar-refractivity contribution in [2.45, 2.75) is 0 Å². The molecule has 0 unspecified atom stereocenters. The average Bonchev–Trinajstić information content (AvgIpc) is 2.60. The molecule has 114 valence electrons. The van der Waals surface area contributed by atoms with Crippen LogP contribution in [0.1, 0.15) is 10.4 Å². The van der Waals surface area contributed by atoms with Crippen LogP contribution in [0.4, 0.5) is 5.69 Å². The topological polar surface area (TPSA) is 98.3 Å². The Bertz CT molecular complexity index is 917. The number of nitrogen functional groups attached to an aromatic ring is 1. The number of hydrazine groups is 1. The monoisotopic (exact) mass is 307 g/mol. The molecule has 0 saturated carbocycles. The summed E-state index contributed by atoms with van der Waals surface area (Å²) in [6, 6.07) is 17.4. The Hall–Kier alpha value is -3.25. The molecule has 0 aromatic heterocycles. The van der Waals surface area contributed by atoms with E-state index in [0.29, 0.717) is 11.1 Å². The molecule has 0 spiro atoms. The van der Waals surface area contributed by atoms with Crippen LogP contribution in [-0.4, -0.2) is 10.8 Å². The smallest absolute Gasteiger partial charge is 0.277 e. The summed E-state index contributed by atoms with van der Waals surface area (Å²) in [5.74, 6) is 4.65. The van der Waals surface area contributed by atoms with Gasteiger partial charge in [0, 0.05) is 11.6 Å². The fraction of sp³-hybridized carbons (Fsp3) is 0. The first-order valence-corrected chi connectivity index (χ1v) is 6.89. The summed E-state index contributed by atoms with van der Waals surface area (Å²) >= 11 is 0. The second kappa shape index (κ2) is 5.86. The predicted molar refractivity (Wildman–Crippen MR) is 87.7 cm³/mol. The van der Waals surface area contributed by atoms with E-state index in [0.717, 1.165) is 10.8 Å². The molecule has 3 aromatic carbocycles. The first-order chi connectivity index (χ1) is 11.1. The Morgan fingerprint density at radius 3 is 2.48 bits per heavy atom. The van der Waals surface area contributed by atoms with Gasteiger partial charge < -0.3 is 0 Å². The molecule has 0 heterocycles. The molecule has 0 radical (unpaired) electrons. The zero-order chi connectivity index (χ0) is 16.4. The van der Waals surface area contributed by atoms with Crippen LogP contribution >= 0.6 is 0 Å². The number of benzene rings is 3. The quantitative estimate of drug-likeness (QED) is 0.336. The Balaban J connectivity index is 2.31. The van der Waals surface area contributed by atoms with Crippen molar-refractivity contribution in [3.8, 4) is 11.1 Å². The van der Waals surface area contributed by atoms with Gasteiger partial charge in [0.05, 0.1) is 10.5 Å². The minimum absolute atomic E-state index is 0.0603. The summed E-state index contributed by atoms with van der Waals surface area (Å²) in [5, 5.41) is 13.2. The molecule has 6 nitrogen and oxygen atoms in total. The molecule has 1 amide bonds. The number of nitro benzene ring substituents is 1. The highest BCUT2D eigenvalue weighted by atomic mass is 16.6. The second-order valence-corrected chi connectivity index (χ2v) is 4.99. The summed E-state index contributed by atoms with van der Waals surface area (Å²) < 4.78 is 0. The number of fused-ring (bicyclic) bond motifs is 1. The van der Waals surface area contributed by atoms with Gasteiger partial charge in [-0.3, -0.25) is 20.3 Å². The van der Waals surface area contributed by atoms with E-state index >= 15 is 0 Å². The number of nitrogens with zero attached hydrogens (tertiary/aromatic N) is 1. The molecule has 0 fully saturated rings. The second-order valence-electron chi connectivity index (χ2n) is 4.99. The lowest BCUT2D eigenvalue weighted by Crippen LogP contribution is -2.29. The van der Waals surface area contributed by atoms with Crippen LogP contribution in [0, 0.1) is 10.1 Å². The maximum absolute atomic E-state index is 11.7. The summed E-state index contributed by atoms with van der Waals surface area (Å²) in [4.78, 5) is 22.6. The van der Waals surface area contributed by atoms with Crippen LogP contribution in [0.2, 0.25) is 0 Å². The van der Waals surface area contributed by atoms with Crippen LogP contribution in [-0.2, 0) is 0 Å². The Labute approximate surface area is 131 Å². The normalized spacial score (nSPS) is 10.5. The summed E-state index contributed by atoms with van der Waals surface area (Å²) in [5.41, 5.74) is 3.32. The summed E-state index contributed by atoms with van der Waals surface area (Å²) in [6.45, 7) is 0. The first kappa shape index (κ1) is 14.7. The third-order valence-corrected chi connectivity index (χ3v) is 3.67. The largest absolute Gasteiger partial charge is 0.290 e. The summed E-state index contributed by atoms with van der Waals surface area (Å²) in [7, 11) is 0. The van der Waals surface area contributed by atoms with E-state index in [1.165, 1.54) is 18.2 Å².